The molecule has 0 aliphatic carbocycles. The van der Waals surface area contributed by atoms with E-state index in [1.165, 1.54) is 17.9 Å². The largest absolute Gasteiger partial charge is 0.373 e. The van der Waals surface area contributed by atoms with Crippen LogP contribution < -0.4 is 5.73 Å². The highest BCUT2D eigenvalue weighted by atomic mass is 19.1. The van der Waals surface area contributed by atoms with Crippen LogP contribution in [0.2, 0.25) is 0 Å². The van der Waals surface area contributed by atoms with Gasteiger partial charge in [-0.1, -0.05) is 0 Å². The van der Waals surface area contributed by atoms with E-state index in [0.29, 0.717) is 19.7 Å². The van der Waals surface area contributed by atoms with Crippen molar-refractivity contribution in [2.24, 2.45) is 5.73 Å². The van der Waals surface area contributed by atoms with Gasteiger partial charge in [-0.2, -0.15) is 0 Å². The van der Waals surface area contributed by atoms with Crippen molar-refractivity contribution in [3.63, 3.8) is 0 Å². The molecule has 2 unspecified atom stereocenters. The van der Waals surface area contributed by atoms with Crippen molar-refractivity contribution >= 4 is 5.91 Å². The molecule has 1 fully saturated rings. The molecule has 0 bridgehead atoms. The predicted octanol–water partition coefficient (Wildman–Crippen LogP) is 1.46. The monoisotopic (exact) mass is 284 g/mol. The summed E-state index contributed by atoms with van der Waals surface area (Å²) in [6.07, 6.45) is -0.266. The molecule has 20 heavy (non-hydrogen) atoms. The van der Waals surface area contributed by atoms with Gasteiger partial charge in [-0.25, -0.2) is 8.78 Å². The van der Waals surface area contributed by atoms with Gasteiger partial charge in [0.25, 0.3) is 5.91 Å². The average molecular weight is 284 g/mol. The van der Waals surface area contributed by atoms with E-state index in [1.807, 2.05) is 0 Å². The second-order valence-corrected chi connectivity index (χ2v) is 5.10. The number of carbonyl (C=O) groups excluding carboxylic acids is 1. The molecule has 0 aromatic heterocycles. The van der Waals surface area contributed by atoms with Crippen LogP contribution in [0.15, 0.2) is 12.1 Å². The summed E-state index contributed by atoms with van der Waals surface area (Å²) in [6.45, 7) is 4.33. The zero-order chi connectivity index (χ0) is 14.9. The number of benzene rings is 1. The second kappa shape index (κ2) is 5.85. The quantitative estimate of drug-likeness (QED) is 0.894. The molecule has 0 spiro atoms. The summed E-state index contributed by atoms with van der Waals surface area (Å²) < 4.78 is 32.4. The fourth-order valence-electron chi connectivity index (χ4n) is 2.17. The van der Waals surface area contributed by atoms with E-state index in [4.69, 9.17) is 10.5 Å². The maximum absolute atomic E-state index is 13.7. The number of hydrogen-bond donors (Lipinski definition) is 1. The van der Waals surface area contributed by atoms with Crippen molar-refractivity contribution in [1.29, 1.82) is 0 Å². The third-order valence-corrected chi connectivity index (χ3v) is 3.45. The van der Waals surface area contributed by atoms with Gasteiger partial charge in [-0.05, 0) is 25.5 Å². The van der Waals surface area contributed by atoms with Crippen LogP contribution in [0.4, 0.5) is 8.78 Å². The minimum absolute atomic E-state index is 0.116. The predicted molar refractivity (Wildman–Crippen MR) is 70.4 cm³/mol. The number of rotatable bonds is 2. The molecule has 2 rings (SSSR count). The van der Waals surface area contributed by atoms with Crippen molar-refractivity contribution in [2.75, 3.05) is 19.7 Å². The highest BCUT2D eigenvalue weighted by Crippen LogP contribution is 2.18. The van der Waals surface area contributed by atoms with Gasteiger partial charge in [-0.3, -0.25) is 4.79 Å². The number of ether oxygens (including phenoxy) is 1. The molecule has 2 N–H and O–H groups in total. The SMILES string of the molecule is Cc1cc(C(=O)N2CCOC(C(C)N)C2)c(F)cc1F. The summed E-state index contributed by atoms with van der Waals surface area (Å²) in [6, 6.07) is 1.76. The minimum atomic E-state index is -0.845. The Hall–Kier alpha value is -1.53. The van der Waals surface area contributed by atoms with Crippen molar-refractivity contribution in [1.82, 2.24) is 4.90 Å². The molecule has 1 saturated heterocycles. The summed E-state index contributed by atoms with van der Waals surface area (Å²) >= 11 is 0. The highest BCUT2D eigenvalue weighted by molar-refractivity contribution is 5.94. The third kappa shape index (κ3) is 2.96. The maximum atomic E-state index is 13.7. The molecule has 1 aromatic carbocycles. The van der Waals surface area contributed by atoms with E-state index < -0.39 is 17.5 Å². The Morgan fingerprint density at radius 3 is 2.80 bits per heavy atom. The van der Waals surface area contributed by atoms with Gasteiger partial charge in [0.05, 0.1) is 18.3 Å². The molecule has 1 heterocycles. The topological polar surface area (TPSA) is 55.6 Å². The van der Waals surface area contributed by atoms with Crippen LogP contribution in [-0.2, 0) is 4.74 Å². The van der Waals surface area contributed by atoms with Crippen LogP contribution in [0.1, 0.15) is 22.8 Å². The van der Waals surface area contributed by atoms with Gasteiger partial charge < -0.3 is 15.4 Å². The van der Waals surface area contributed by atoms with E-state index in [1.54, 1.807) is 6.92 Å². The summed E-state index contributed by atoms with van der Waals surface area (Å²) in [7, 11) is 0. The number of halogens is 2. The lowest BCUT2D eigenvalue weighted by atomic mass is 10.1. The normalized spacial score (nSPS) is 20.9. The Bertz CT molecular complexity index is 520. The first kappa shape index (κ1) is 14.9. The van der Waals surface area contributed by atoms with Gasteiger partial charge in [0.1, 0.15) is 11.6 Å². The number of carbonyl (C=O) groups is 1. The molecule has 4 nitrogen and oxygen atoms in total. The van der Waals surface area contributed by atoms with Gasteiger partial charge in [0.15, 0.2) is 0 Å². The van der Waals surface area contributed by atoms with E-state index in [0.717, 1.165) is 6.07 Å². The lowest BCUT2D eigenvalue weighted by Crippen LogP contribution is -2.51. The molecule has 110 valence electrons. The minimum Gasteiger partial charge on any atom is -0.373 e. The number of hydrogen-bond acceptors (Lipinski definition) is 3. The van der Waals surface area contributed by atoms with Crippen molar-refractivity contribution < 1.29 is 18.3 Å². The van der Waals surface area contributed by atoms with Crippen LogP contribution in [-0.4, -0.2) is 42.6 Å². The summed E-state index contributed by atoms with van der Waals surface area (Å²) in [4.78, 5) is 13.8. The zero-order valence-corrected chi connectivity index (χ0v) is 11.5. The van der Waals surface area contributed by atoms with Crippen LogP contribution >= 0.6 is 0 Å². The summed E-state index contributed by atoms with van der Waals surface area (Å²) in [5.74, 6) is -1.96. The molecule has 0 saturated carbocycles. The fourth-order valence-corrected chi connectivity index (χ4v) is 2.17. The molecule has 6 heteroatoms. The van der Waals surface area contributed by atoms with E-state index in [9.17, 15) is 13.6 Å². The summed E-state index contributed by atoms with van der Waals surface area (Å²) in [5, 5.41) is 0. The van der Waals surface area contributed by atoms with Gasteiger partial charge in [-0.15, -0.1) is 0 Å². The molecule has 1 aliphatic heterocycles. The van der Waals surface area contributed by atoms with Crippen LogP contribution in [0.3, 0.4) is 0 Å². The highest BCUT2D eigenvalue weighted by Gasteiger charge is 2.28. The maximum Gasteiger partial charge on any atom is 0.257 e. The first-order valence-corrected chi connectivity index (χ1v) is 6.52. The van der Waals surface area contributed by atoms with Gasteiger partial charge in [0.2, 0.25) is 0 Å². The number of aryl methyl sites for hydroxylation is 1. The number of nitrogens with two attached hydrogens (primary N) is 1. The molecule has 1 aromatic rings. The van der Waals surface area contributed by atoms with Gasteiger partial charge in [0, 0.05) is 25.2 Å². The number of amides is 1. The first-order chi connectivity index (χ1) is 9.40. The van der Waals surface area contributed by atoms with Crippen molar-refractivity contribution in [3.8, 4) is 0 Å². The van der Waals surface area contributed by atoms with Crippen molar-refractivity contribution in [2.45, 2.75) is 26.0 Å². The molecular weight excluding hydrogens is 266 g/mol. The molecule has 1 amide bonds. The molecule has 2 atom stereocenters. The third-order valence-electron chi connectivity index (χ3n) is 3.45. The second-order valence-electron chi connectivity index (χ2n) is 5.10. The lowest BCUT2D eigenvalue weighted by molar-refractivity contribution is -0.0301. The lowest BCUT2D eigenvalue weighted by Gasteiger charge is -2.34. The Labute approximate surface area is 116 Å². The smallest absolute Gasteiger partial charge is 0.257 e. The Morgan fingerprint density at radius 2 is 2.15 bits per heavy atom. The fraction of sp³-hybridized carbons (Fsp3) is 0.500. The Balaban J connectivity index is 2.21. The molecular formula is C14H18F2N2O2. The number of morpholine rings is 1. The first-order valence-electron chi connectivity index (χ1n) is 6.52. The van der Waals surface area contributed by atoms with E-state index in [2.05, 4.69) is 0 Å². The van der Waals surface area contributed by atoms with Gasteiger partial charge >= 0.3 is 0 Å². The average Bonchev–Trinajstić information content (AvgIpc) is 2.42. The summed E-state index contributed by atoms with van der Waals surface area (Å²) in [5.41, 5.74) is 5.88. The zero-order valence-electron chi connectivity index (χ0n) is 11.5. The molecule has 1 aliphatic rings. The van der Waals surface area contributed by atoms with Crippen molar-refractivity contribution in [3.05, 3.63) is 34.9 Å². The van der Waals surface area contributed by atoms with Crippen LogP contribution in [0.5, 0.6) is 0 Å². The van der Waals surface area contributed by atoms with Crippen LogP contribution in [0, 0.1) is 18.6 Å². The number of nitrogens with zero attached hydrogens (tertiary/aromatic N) is 1. The standard InChI is InChI=1S/C14H18F2N2O2/c1-8-5-10(12(16)6-11(8)15)14(19)18-3-4-20-13(7-18)9(2)17/h5-6,9,13H,3-4,7,17H2,1-2H3. The van der Waals surface area contributed by atoms with E-state index >= 15 is 0 Å². The molecule has 0 radical (unpaired) electrons. The Kier molecular flexibility index (Phi) is 4.35. The van der Waals surface area contributed by atoms with E-state index in [-0.39, 0.29) is 23.3 Å². The van der Waals surface area contributed by atoms with Crippen LogP contribution in [0.25, 0.3) is 0 Å². The Morgan fingerprint density at radius 1 is 1.45 bits per heavy atom.